The molecule has 0 radical (unpaired) electrons. The monoisotopic (exact) mass is 358 g/mol. The highest BCUT2D eigenvalue weighted by Crippen LogP contribution is 2.31. The predicted molar refractivity (Wildman–Crippen MR) is 96.8 cm³/mol. The molecule has 6 heteroatoms. The van der Waals surface area contributed by atoms with E-state index in [1.165, 1.54) is 0 Å². The van der Waals surface area contributed by atoms with Gasteiger partial charge in [0.25, 0.3) is 0 Å². The zero-order valence-corrected chi connectivity index (χ0v) is 14.6. The summed E-state index contributed by atoms with van der Waals surface area (Å²) < 4.78 is 5.11. The molecule has 5 nitrogen and oxygen atoms in total. The van der Waals surface area contributed by atoms with E-state index in [1.807, 2.05) is 36.4 Å². The number of hydrogen-bond acceptors (Lipinski definition) is 3. The number of hydrogen-bond donors (Lipinski definition) is 1. The van der Waals surface area contributed by atoms with Crippen molar-refractivity contribution in [3.63, 3.8) is 0 Å². The molecule has 0 aliphatic carbocycles. The summed E-state index contributed by atoms with van der Waals surface area (Å²) >= 11 is 6.16. The van der Waals surface area contributed by atoms with Crippen molar-refractivity contribution < 1.29 is 14.3 Å². The topological polar surface area (TPSA) is 58.6 Å². The van der Waals surface area contributed by atoms with Gasteiger partial charge in [0.05, 0.1) is 23.7 Å². The Morgan fingerprint density at radius 1 is 1.24 bits per heavy atom. The van der Waals surface area contributed by atoms with E-state index in [9.17, 15) is 9.59 Å². The van der Waals surface area contributed by atoms with Crippen LogP contribution in [0.25, 0.3) is 0 Å². The molecule has 1 N–H and O–H groups in total. The molecule has 1 aliphatic heterocycles. The van der Waals surface area contributed by atoms with E-state index in [0.717, 1.165) is 11.3 Å². The Balaban J connectivity index is 1.60. The Labute approximate surface area is 151 Å². The largest absolute Gasteiger partial charge is 0.497 e. The number of nitrogens with one attached hydrogen (secondary N) is 1. The first-order valence-corrected chi connectivity index (χ1v) is 8.42. The number of benzene rings is 2. The Kier molecular flexibility index (Phi) is 5.24. The Bertz CT molecular complexity index is 776. The molecule has 1 heterocycles. The van der Waals surface area contributed by atoms with Crippen molar-refractivity contribution in [2.45, 2.75) is 13.0 Å². The van der Waals surface area contributed by atoms with Crippen molar-refractivity contribution in [1.29, 1.82) is 0 Å². The molecule has 0 saturated carbocycles. The fourth-order valence-corrected chi connectivity index (χ4v) is 3.10. The molecule has 0 unspecified atom stereocenters. The number of amides is 2. The number of nitrogens with zero attached hydrogens (tertiary/aromatic N) is 1. The Hall–Kier alpha value is -2.53. The minimum atomic E-state index is -0.373. The van der Waals surface area contributed by atoms with Crippen LogP contribution in [0.5, 0.6) is 5.75 Å². The zero-order chi connectivity index (χ0) is 17.8. The number of methoxy groups -OCH3 is 1. The first kappa shape index (κ1) is 17.3. The lowest BCUT2D eigenvalue weighted by molar-refractivity contribution is -0.126. The summed E-state index contributed by atoms with van der Waals surface area (Å²) in [4.78, 5) is 26.2. The SMILES string of the molecule is COc1ccc(CNC(=O)[C@@H]2CC(=O)N(c3ccccc3Cl)C2)cc1. The summed E-state index contributed by atoms with van der Waals surface area (Å²) in [5.74, 6) is 0.185. The molecule has 0 aromatic heterocycles. The maximum Gasteiger partial charge on any atom is 0.227 e. The van der Waals surface area contributed by atoms with Crippen LogP contribution in [-0.4, -0.2) is 25.5 Å². The second-order valence-corrected chi connectivity index (χ2v) is 6.33. The maximum atomic E-state index is 12.4. The van der Waals surface area contributed by atoms with Crippen LogP contribution in [0, 0.1) is 5.92 Å². The number of rotatable bonds is 5. The van der Waals surface area contributed by atoms with E-state index in [0.29, 0.717) is 23.8 Å². The average Bonchev–Trinajstić information content (AvgIpc) is 3.02. The molecule has 1 aliphatic rings. The third-order valence-electron chi connectivity index (χ3n) is 4.26. The van der Waals surface area contributed by atoms with Crippen LogP contribution in [0.15, 0.2) is 48.5 Å². The van der Waals surface area contributed by atoms with E-state index in [2.05, 4.69) is 5.32 Å². The Morgan fingerprint density at radius 3 is 2.64 bits per heavy atom. The van der Waals surface area contributed by atoms with Gasteiger partial charge in [-0.05, 0) is 29.8 Å². The van der Waals surface area contributed by atoms with Gasteiger partial charge in [-0.15, -0.1) is 0 Å². The fraction of sp³-hybridized carbons (Fsp3) is 0.263. The molecule has 3 rings (SSSR count). The molecular formula is C19H19ClN2O3. The van der Waals surface area contributed by atoms with Crippen LogP contribution in [0.1, 0.15) is 12.0 Å². The van der Waals surface area contributed by atoms with E-state index in [4.69, 9.17) is 16.3 Å². The smallest absolute Gasteiger partial charge is 0.227 e. The van der Waals surface area contributed by atoms with E-state index >= 15 is 0 Å². The van der Waals surface area contributed by atoms with Gasteiger partial charge in [0.15, 0.2) is 0 Å². The van der Waals surface area contributed by atoms with Crippen LogP contribution >= 0.6 is 11.6 Å². The number of carbonyl (C=O) groups excluding carboxylic acids is 2. The standard InChI is InChI=1S/C19H19ClN2O3/c1-25-15-8-6-13(7-9-15)11-21-19(24)14-10-18(23)22(12-14)17-5-3-2-4-16(17)20/h2-9,14H,10-12H2,1H3,(H,21,24)/t14-/m1/s1. The van der Waals surface area contributed by atoms with Crippen molar-refractivity contribution in [3.8, 4) is 5.75 Å². The van der Waals surface area contributed by atoms with Crippen LogP contribution < -0.4 is 15.0 Å². The molecule has 2 aromatic carbocycles. The average molecular weight is 359 g/mol. The van der Waals surface area contributed by atoms with Gasteiger partial charge in [0, 0.05) is 19.5 Å². The predicted octanol–water partition coefficient (Wildman–Crippen LogP) is 3.02. The third-order valence-corrected chi connectivity index (χ3v) is 4.58. The number of carbonyl (C=O) groups is 2. The van der Waals surface area contributed by atoms with Crippen molar-refractivity contribution in [1.82, 2.24) is 5.32 Å². The van der Waals surface area contributed by atoms with Gasteiger partial charge >= 0.3 is 0 Å². The number of halogens is 1. The molecule has 2 aromatic rings. The molecule has 1 saturated heterocycles. The zero-order valence-electron chi connectivity index (χ0n) is 13.9. The molecule has 1 fully saturated rings. The van der Waals surface area contributed by atoms with Crippen molar-refractivity contribution in [3.05, 3.63) is 59.1 Å². The number of para-hydroxylation sites is 1. The molecule has 0 bridgehead atoms. The summed E-state index contributed by atoms with van der Waals surface area (Å²) in [6.07, 6.45) is 0.194. The first-order chi connectivity index (χ1) is 12.1. The van der Waals surface area contributed by atoms with Crippen LogP contribution in [0.4, 0.5) is 5.69 Å². The lowest BCUT2D eigenvalue weighted by atomic mass is 10.1. The fourth-order valence-electron chi connectivity index (χ4n) is 2.86. The molecule has 25 heavy (non-hydrogen) atoms. The molecular weight excluding hydrogens is 340 g/mol. The van der Waals surface area contributed by atoms with Gasteiger partial charge in [0.2, 0.25) is 11.8 Å². The summed E-state index contributed by atoms with van der Waals surface area (Å²) in [6, 6.07) is 14.7. The second-order valence-electron chi connectivity index (χ2n) is 5.92. The third kappa shape index (κ3) is 3.94. The highest BCUT2D eigenvalue weighted by atomic mass is 35.5. The Morgan fingerprint density at radius 2 is 1.96 bits per heavy atom. The summed E-state index contributed by atoms with van der Waals surface area (Å²) in [5, 5.41) is 3.40. The van der Waals surface area contributed by atoms with Gasteiger partial charge in [-0.3, -0.25) is 9.59 Å². The van der Waals surface area contributed by atoms with Gasteiger partial charge in [-0.25, -0.2) is 0 Å². The van der Waals surface area contributed by atoms with Crippen LogP contribution in [0.2, 0.25) is 5.02 Å². The highest BCUT2D eigenvalue weighted by molar-refractivity contribution is 6.33. The number of ether oxygens (including phenoxy) is 1. The van der Waals surface area contributed by atoms with Gasteiger partial charge in [0.1, 0.15) is 5.75 Å². The minimum absolute atomic E-state index is 0.0855. The van der Waals surface area contributed by atoms with Gasteiger partial charge in [-0.2, -0.15) is 0 Å². The van der Waals surface area contributed by atoms with Crippen molar-refractivity contribution in [2.24, 2.45) is 5.92 Å². The second kappa shape index (κ2) is 7.57. The van der Waals surface area contributed by atoms with E-state index in [1.54, 1.807) is 24.1 Å². The van der Waals surface area contributed by atoms with Crippen molar-refractivity contribution in [2.75, 3.05) is 18.6 Å². The minimum Gasteiger partial charge on any atom is -0.497 e. The van der Waals surface area contributed by atoms with E-state index < -0.39 is 0 Å². The number of anilines is 1. The quantitative estimate of drug-likeness (QED) is 0.893. The molecule has 2 amide bonds. The highest BCUT2D eigenvalue weighted by Gasteiger charge is 2.35. The van der Waals surface area contributed by atoms with Crippen LogP contribution in [-0.2, 0) is 16.1 Å². The summed E-state index contributed by atoms with van der Waals surface area (Å²) in [7, 11) is 1.61. The van der Waals surface area contributed by atoms with Crippen LogP contribution in [0.3, 0.4) is 0 Å². The maximum absolute atomic E-state index is 12.4. The molecule has 0 spiro atoms. The summed E-state index contributed by atoms with van der Waals surface area (Å²) in [6.45, 7) is 0.761. The van der Waals surface area contributed by atoms with Gasteiger partial charge in [-0.1, -0.05) is 35.9 Å². The lowest BCUT2D eigenvalue weighted by Crippen LogP contribution is -2.32. The summed E-state index contributed by atoms with van der Waals surface area (Å²) in [5.41, 5.74) is 1.63. The molecule has 130 valence electrons. The van der Waals surface area contributed by atoms with Gasteiger partial charge < -0.3 is 15.0 Å². The van der Waals surface area contributed by atoms with Crippen molar-refractivity contribution >= 4 is 29.1 Å². The van der Waals surface area contributed by atoms with E-state index in [-0.39, 0.29) is 24.2 Å². The normalized spacial score (nSPS) is 16.8. The first-order valence-electron chi connectivity index (χ1n) is 8.04. The lowest BCUT2D eigenvalue weighted by Gasteiger charge is -2.18. The molecule has 1 atom stereocenters.